The average molecular weight is 433 g/mol. The molecule has 0 saturated carbocycles. The minimum atomic E-state index is -0.271. The molecule has 2 N–H and O–H groups in total. The topological polar surface area (TPSA) is 67.4 Å². The smallest absolute Gasteiger partial charge is 0.262 e. The van der Waals surface area contributed by atoms with Crippen molar-refractivity contribution < 1.29 is 14.3 Å². The molecule has 2 rings (SSSR count). The first-order chi connectivity index (χ1) is 12.9. The Morgan fingerprint density at radius 3 is 2.30 bits per heavy atom. The van der Waals surface area contributed by atoms with Crippen molar-refractivity contribution >= 4 is 39.1 Å². The van der Waals surface area contributed by atoms with Gasteiger partial charge in [-0.15, -0.1) is 0 Å². The maximum Gasteiger partial charge on any atom is 0.262 e. The fourth-order valence-corrected chi connectivity index (χ4v) is 2.95. The number of halogens is 1. The zero-order valence-electron chi connectivity index (χ0n) is 15.8. The number of hydrogen-bond donors (Lipinski definition) is 2. The summed E-state index contributed by atoms with van der Waals surface area (Å²) in [6, 6.07) is 12.9. The van der Waals surface area contributed by atoms with Gasteiger partial charge in [0.2, 0.25) is 5.91 Å². The average Bonchev–Trinajstić information content (AvgIpc) is 2.66. The molecule has 6 heteroatoms. The van der Waals surface area contributed by atoms with Gasteiger partial charge in [0.15, 0.2) is 6.61 Å². The molecule has 0 radical (unpaired) electrons. The van der Waals surface area contributed by atoms with E-state index in [1.54, 1.807) is 31.2 Å². The zero-order chi connectivity index (χ0) is 19.8. The van der Waals surface area contributed by atoms with E-state index in [2.05, 4.69) is 40.4 Å². The Kier molecular flexibility index (Phi) is 7.85. The van der Waals surface area contributed by atoms with E-state index in [9.17, 15) is 9.59 Å². The highest BCUT2D eigenvalue weighted by molar-refractivity contribution is 9.10. The van der Waals surface area contributed by atoms with Crippen LogP contribution >= 0.6 is 15.9 Å². The number of anilines is 2. The van der Waals surface area contributed by atoms with Crippen LogP contribution in [0.15, 0.2) is 46.9 Å². The molecule has 144 valence electrons. The van der Waals surface area contributed by atoms with Crippen LogP contribution in [0, 0.1) is 0 Å². The van der Waals surface area contributed by atoms with Crippen molar-refractivity contribution in [1.82, 2.24) is 0 Å². The van der Waals surface area contributed by atoms with Crippen LogP contribution in [0.4, 0.5) is 11.4 Å². The normalized spacial score (nSPS) is 11.6. The molecule has 2 amide bonds. The van der Waals surface area contributed by atoms with Crippen molar-refractivity contribution in [2.75, 3.05) is 17.2 Å². The van der Waals surface area contributed by atoms with Gasteiger partial charge < -0.3 is 15.4 Å². The van der Waals surface area contributed by atoms with E-state index in [0.717, 1.165) is 10.9 Å². The molecule has 27 heavy (non-hydrogen) atoms. The van der Waals surface area contributed by atoms with Crippen molar-refractivity contribution in [1.29, 1.82) is 0 Å². The van der Waals surface area contributed by atoms with E-state index in [1.165, 1.54) is 5.56 Å². The van der Waals surface area contributed by atoms with Crippen LogP contribution < -0.4 is 15.4 Å². The minimum absolute atomic E-state index is 0.0764. The van der Waals surface area contributed by atoms with Gasteiger partial charge in [-0.2, -0.15) is 0 Å². The molecule has 0 saturated heterocycles. The molecule has 1 atom stereocenters. The summed E-state index contributed by atoms with van der Waals surface area (Å²) in [7, 11) is 0. The summed E-state index contributed by atoms with van der Waals surface area (Å²) in [4.78, 5) is 23.6. The lowest BCUT2D eigenvalue weighted by molar-refractivity contribution is -0.118. The van der Waals surface area contributed by atoms with E-state index >= 15 is 0 Å². The Morgan fingerprint density at radius 1 is 1.04 bits per heavy atom. The third-order valence-corrected chi connectivity index (χ3v) is 4.87. The largest absolute Gasteiger partial charge is 0.483 e. The fourth-order valence-electron chi connectivity index (χ4n) is 2.44. The van der Waals surface area contributed by atoms with E-state index in [4.69, 9.17) is 4.74 Å². The molecule has 0 spiro atoms. The van der Waals surface area contributed by atoms with Gasteiger partial charge in [0.1, 0.15) is 5.75 Å². The molecule has 0 fully saturated rings. The summed E-state index contributed by atoms with van der Waals surface area (Å²) in [5.74, 6) is 0.750. The van der Waals surface area contributed by atoms with Crippen LogP contribution in [0.3, 0.4) is 0 Å². The predicted octanol–water partition coefficient (Wildman–Crippen LogP) is 5.33. The van der Waals surface area contributed by atoms with Crippen LogP contribution in [0.5, 0.6) is 5.75 Å². The highest BCUT2D eigenvalue weighted by Gasteiger charge is 2.10. The molecular weight excluding hydrogens is 408 g/mol. The highest BCUT2D eigenvalue weighted by Crippen LogP contribution is 2.30. The van der Waals surface area contributed by atoms with Crippen LogP contribution in [-0.2, 0) is 9.59 Å². The van der Waals surface area contributed by atoms with Gasteiger partial charge in [-0.25, -0.2) is 0 Å². The van der Waals surface area contributed by atoms with Crippen molar-refractivity contribution in [3.05, 3.63) is 52.5 Å². The van der Waals surface area contributed by atoms with E-state index in [1.807, 2.05) is 18.2 Å². The van der Waals surface area contributed by atoms with E-state index in [-0.39, 0.29) is 18.4 Å². The lowest BCUT2D eigenvalue weighted by Gasteiger charge is -2.13. The van der Waals surface area contributed by atoms with Crippen LogP contribution in [0.25, 0.3) is 0 Å². The predicted molar refractivity (Wildman–Crippen MR) is 112 cm³/mol. The number of ether oxygens (including phenoxy) is 1. The lowest BCUT2D eigenvalue weighted by atomic mass is 9.99. The molecular formula is C21H25BrN2O3. The molecule has 5 nitrogen and oxygen atoms in total. The number of carbonyl (C=O) groups excluding carboxylic acids is 2. The van der Waals surface area contributed by atoms with Gasteiger partial charge in [-0.05, 0) is 64.2 Å². The second kappa shape index (κ2) is 10.1. The van der Waals surface area contributed by atoms with Gasteiger partial charge >= 0.3 is 0 Å². The third kappa shape index (κ3) is 6.40. The first-order valence-corrected chi connectivity index (χ1v) is 9.84. The van der Waals surface area contributed by atoms with Gasteiger partial charge in [0.05, 0.1) is 4.47 Å². The molecule has 0 aliphatic rings. The van der Waals surface area contributed by atoms with E-state index in [0.29, 0.717) is 29.5 Å². The third-order valence-electron chi connectivity index (χ3n) is 4.25. The first kappa shape index (κ1) is 21.0. The number of benzene rings is 2. The molecule has 1 unspecified atom stereocenters. The maximum atomic E-state index is 12.2. The summed E-state index contributed by atoms with van der Waals surface area (Å²) < 4.78 is 6.45. The van der Waals surface area contributed by atoms with E-state index < -0.39 is 0 Å². The summed E-state index contributed by atoms with van der Waals surface area (Å²) in [6.45, 7) is 6.00. The second-order valence-corrected chi connectivity index (χ2v) is 7.17. The Labute approximate surface area is 168 Å². The number of amides is 2. The Balaban J connectivity index is 1.93. The first-order valence-electron chi connectivity index (χ1n) is 9.05. The molecule has 0 aliphatic heterocycles. The molecule has 0 heterocycles. The SMILES string of the molecule is CCC(=O)Nc1cccc(NC(=O)COc2ccc(C(C)CC)cc2Br)c1. The highest BCUT2D eigenvalue weighted by atomic mass is 79.9. The van der Waals surface area contributed by atoms with Crippen molar-refractivity contribution in [3.63, 3.8) is 0 Å². The summed E-state index contributed by atoms with van der Waals surface area (Å²) >= 11 is 3.50. The number of carbonyl (C=O) groups is 2. The van der Waals surface area contributed by atoms with Crippen molar-refractivity contribution in [2.45, 2.75) is 39.5 Å². The number of nitrogens with one attached hydrogen (secondary N) is 2. The van der Waals surface area contributed by atoms with Gasteiger partial charge in [0.25, 0.3) is 5.91 Å². The monoisotopic (exact) mass is 432 g/mol. The molecule has 0 aliphatic carbocycles. The standard InChI is InChI=1S/C21H25BrN2O3/c1-4-14(3)15-9-10-19(18(22)11-15)27-13-21(26)24-17-8-6-7-16(12-17)23-20(25)5-2/h6-12,14H,4-5,13H2,1-3H3,(H,23,25)(H,24,26). The minimum Gasteiger partial charge on any atom is -0.483 e. The maximum absolute atomic E-state index is 12.2. The van der Waals surface area contributed by atoms with Crippen molar-refractivity contribution in [2.24, 2.45) is 0 Å². The summed E-state index contributed by atoms with van der Waals surface area (Å²) in [5, 5.41) is 5.53. The molecule has 2 aromatic carbocycles. The molecule has 0 aromatic heterocycles. The quantitative estimate of drug-likeness (QED) is 0.592. The summed E-state index contributed by atoms with van der Waals surface area (Å²) in [6.07, 6.45) is 1.46. The molecule has 0 bridgehead atoms. The van der Waals surface area contributed by atoms with Gasteiger partial charge in [0, 0.05) is 17.8 Å². The fraction of sp³-hybridized carbons (Fsp3) is 0.333. The zero-order valence-corrected chi connectivity index (χ0v) is 17.4. The Morgan fingerprint density at radius 2 is 1.70 bits per heavy atom. The number of hydrogen-bond acceptors (Lipinski definition) is 3. The Bertz CT molecular complexity index is 808. The second-order valence-electron chi connectivity index (χ2n) is 6.32. The Hall–Kier alpha value is -2.34. The van der Waals surface area contributed by atoms with Gasteiger partial charge in [-0.1, -0.05) is 32.9 Å². The van der Waals surface area contributed by atoms with Crippen LogP contribution in [0.2, 0.25) is 0 Å². The number of rotatable bonds is 8. The summed E-state index contributed by atoms with van der Waals surface area (Å²) in [5.41, 5.74) is 2.47. The van der Waals surface area contributed by atoms with Crippen molar-refractivity contribution in [3.8, 4) is 5.75 Å². The van der Waals surface area contributed by atoms with Crippen LogP contribution in [-0.4, -0.2) is 18.4 Å². The van der Waals surface area contributed by atoms with Crippen LogP contribution in [0.1, 0.15) is 45.1 Å². The molecule has 2 aromatic rings. The van der Waals surface area contributed by atoms with Gasteiger partial charge in [-0.3, -0.25) is 9.59 Å². The lowest BCUT2D eigenvalue weighted by Crippen LogP contribution is -2.20.